The smallest absolute Gasteiger partial charge is 0.150 e. The summed E-state index contributed by atoms with van der Waals surface area (Å²) >= 11 is 0. The van der Waals surface area contributed by atoms with E-state index in [0.717, 1.165) is 35.2 Å². The van der Waals surface area contributed by atoms with Crippen LogP contribution in [0.25, 0.3) is 0 Å². The van der Waals surface area contributed by atoms with Gasteiger partial charge in [-0.3, -0.25) is 5.01 Å². The number of anilines is 2. The molecular formula is C18H24N4O2. The summed E-state index contributed by atoms with van der Waals surface area (Å²) in [6.45, 7) is 5.75. The first-order valence-corrected chi connectivity index (χ1v) is 8.10. The van der Waals surface area contributed by atoms with Gasteiger partial charge in [0.15, 0.2) is 0 Å². The molecule has 0 unspecified atom stereocenters. The Balaban J connectivity index is 1.75. The molecule has 1 aromatic heterocycles. The first-order chi connectivity index (χ1) is 11.6. The molecule has 0 amide bonds. The highest BCUT2D eigenvalue weighted by Gasteiger charge is 2.22. The molecule has 6 heteroatoms. The quantitative estimate of drug-likeness (QED) is 0.850. The number of nitrogens with one attached hydrogen (secondary N) is 2. The maximum Gasteiger partial charge on any atom is 0.150 e. The van der Waals surface area contributed by atoms with Gasteiger partial charge in [0.1, 0.15) is 23.1 Å². The fraction of sp³-hybridized carbons (Fsp3) is 0.389. The number of fused-ring (bicyclic) bond motifs is 1. The molecule has 0 aliphatic carbocycles. The van der Waals surface area contributed by atoms with Gasteiger partial charge in [0.05, 0.1) is 14.2 Å². The number of pyridine rings is 1. The second-order valence-corrected chi connectivity index (χ2v) is 6.01. The van der Waals surface area contributed by atoms with E-state index in [4.69, 9.17) is 14.5 Å². The fourth-order valence-electron chi connectivity index (χ4n) is 2.78. The van der Waals surface area contributed by atoms with E-state index in [-0.39, 0.29) is 0 Å². The zero-order valence-corrected chi connectivity index (χ0v) is 14.6. The van der Waals surface area contributed by atoms with Crippen LogP contribution in [0.2, 0.25) is 0 Å². The van der Waals surface area contributed by atoms with Crippen LogP contribution < -0.4 is 25.2 Å². The minimum Gasteiger partial charge on any atom is -0.497 e. The van der Waals surface area contributed by atoms with Gasteiger partial charge in [-0.2, -0.15) is 0 Å². The van der Waals surface area contributed by atoms with Crippen molar-refractivity contribution in [2.75, 3.05) is 24.5 Å². The Bertz CT molecular complexity index is 718. The number of aromatic nitrogens is 1. The molecule has 24 heavy (non-hydrogen) atoms. The van der Waals surface area contributed by atoms with Crippen molar-refractivity contribution in [2.45, 2.75) is 33.0 Å². The Hall–Kier alpha value is -2.47. The van der Waals surface area contributed by atoms with Gasteiger partial charge in [-0.1, -0.05) is 6.07 Å². The zero-order chi connectivity index (χ0) is 17.1. The van der Waals surface area contributed by atoms with E-state index in [9.17, 15) is 0 Å². The largest absolute Gasteiger partial charge is 0.497 e. The van der Waals surface area contributed by atoms with Crippen molar-refractivity contribution >= 4 is 11.6 Å². The summed E-state index contributed by atoms with van der Waals surface area (Å²) in [7, 11) is 3.31. The topological polar surface area (TPSA) is 58.7 Å². The van der Waals surface area contributed by atoms with Gasteiger partial charge in [-0.15, -0.1) is 0 Å². The monoisotopic (exact) mass is 328 g/mol. The summed E-state index contributed by atoms with van der Waals surface area (Å²) in [5.41, 5.74) is 5.64. The lowest BCUT2D eigenvalue weighted by atomic mass is 10.2. The second kappa shape index (κ2) is 6.97. The summed E-state index contributed by atoms with van der Waals surface area (Å²) in [4.78, 5) is 4.75. The molecule has 0 bridgehead atoms. The Morgan fingerprint density at radius 1 is 1.21 bits per heavy atom. The molecule has 0 saturated carbocycles. The van der Waals surface area contributed by atoms with E-state index in [1.807, 2.05) is 24.3 Å². The van der Waals surface area contributed by atoms with Crippen molar-refractivity contribution in [2.24, 2.45) is 0 Å². The molecule has 1 aromatic carbocycles. The average Bonchev–Trinajstić information content (AvgIpc) is 3.03. The second-order valence-electron chi connectivity index (χ2n) is 6.01. The maximum absolute atomic E-state index is 5.44. The molecule has 3 rings (SSSR count). The number of hydrogen-bond donors (Lipinski definition) is 2. The minimum atomic E-state index is 0.357. The summed E-state index contributed by atoms with van der Waals surface area (Å²) in [5, 5.41) is 5.48. The van der Waals surface area contributed by atoms with Crippen molar-refractivity contribution in [1.29, 1.82) is 0 Å². The molecule has 0 fully saturated rings. The van der Waals surface area contributed by atoms with Crippen LogP contribution in [0, 0.1) is 0 Å². The van der Waals surface area contributed by atoms with E-state index in [1.165, 1.54) is 5.56 Å². The van der Waals surface area contributed by atoms with E-state index in [0.29, 0.717) is 12.6 Å². The van der Waals surface area contributed by atoms with Crippen LogP contribution in [0.15, 0.2) is 30.3 Å². The van der Waals surface area contributed by atoms with Crippen molar-refractivity contribution in [3.8, 4) is 11.5 Å². The maximum atomic E-state index is 5.44. The van der Waals surface area contributed by atoms with Crippen LogP contribution in [0.3, 0.4) is 0 Å². The normalized spacial score (nSPS) is 13.1. The first-order valence-electron chi connectivity index (χ1n) is 8.10. The molecular weight excluding hydrogens is 304 g/mol. The molecule has 1 aliphatic rings. The predicted molar refractivity (Wildman–Crippen MR) is 95.6 cm³/mol. The minimum absolute atomic E-state index is 0.357. The molecule has 0 radical (unpaired) electrons. The number of rotatable bonds is 6. The van der Waals surface area contributed by atoms with E-state index in [2.05, 4.69) is 35.7 Å². The van der Waals surface area contributed by atoms with Crippen molar-refractivity contribution < 1.29 is 9.47 Å². The van der Waals surface area contributed by atoms with Crippen LogP contribution in [-0.2, 0) is 13.1 Å². The highest BCUT2D eigenvalue weighted by atomic mass is 16.5. The Morgan fingerprint density at radius 2 is 2.04 bits per heavy atom. The van der Waals surface area contributed by atoms with Crippen molar-refractivity contribution in [1.82, 2.24) is 10.4 Å². The Kier molecular flexibility index (Phi) is 4.76. The summed E-state index contributed by atoms with van der Waals surface area (Å²) in [6.07, 6.45) is 0. The molecule has 2 aromatic rings. The van der Waals surface area contributed by atoms with E-state index < -0.39 is 0 Å². The van der Waals surface area contributed by atoms with Gasteiger partial charge in [0.25, 0.3) is 0 Å². The van der Waals surface area contributed by atoms with Gasteiger partial charge in [0, 0.05) is 36.3 Å². The fourth-order valence-corrected chi connectivity index (χ4v) is 2.78. The number of benzene rings is 1. The molecule has 128 valence electrons. The third-order valence-corrected chi connectivity index (χ3v) is 4.09. The number of nitrogens with zero attached hydrogens (tertiary/aromatic N) is 2. The predicted octanol–water partition coefficient (Wildman–Crippen LogP) is 2.94. The number of ether oxygens (including phenoxy) is 2. The molecule has 0 atom stereocenters. The zero-order valence-electron chi connectivity index (χ0n) is 14.6. The van der Waals surface area contributed by atoms with Crippen LogP contribution in [-0.4, -0.2) is 25.2 Å². The first kappa shape index (κ1) is 16.4. The summed E-state index contributed by atoms with van der Waals surface area (Å²) < 4.78 is 10.7. The van der Waals surface area contributed by atoms with Gasteiger partial charge in [-0.25, -0.2) is 10.4 Å². The lowest BCUT2D eigenvalue weighted by Gasteiger charge is -2.23. The molecule has 0 spiro atoms. The summed E-state index contributed by atoms with van der Waals surface area (Å²) in [5.74, 6) is 3.43. The third kappa shape index (κ3) is 3.23. The molecule has 2 heterocycles. The van der Waals surface area contributed by atoms with Crippen LogP contribution in [0.4, 0.5) is 11.6 Å². The molecule has 0 saturated heterocycles. The summed E-state index contributed by atoms with van der Waals surface area (Å²) in [6, 6.07) is 10.3. The standard InChI is InChI=1S/C18H24N4O2/c1-12(2)22-18-14(11-20-22)6-8-17(21-18)19-10-13-5-7-15(23-3)9-16(13)24-4/h5-9,12,20H,10-11H2,1-4H3,(H,19,21). The van der Waals surface area contributed by atoms with Gasteiger partial charge >= 0.3 is 0 Å². The third-order valence-electron chi connectivity index (χ3n) is 4.09. The van der Waals surface area contributed by atoms with Crippen LogP contribution >= 0.6 is 0 Å². The van der Waals surface area contributed by atoms with Crippen molar-refractivity contribution in [3.63, 3.8) is 0 Å². The van der Waals surface area contributed by atoms with Gasteiger partial charge in [-0.05, 0) is 32.0 Å². The lowest BCUT2D eigenvalue weighted by molar-refractivity contribution is 0.391. The van der Waals surface area contributed by atoms with Crippen molar-refractivity contribution in [3.05, 3.63) is 41.5 Å². The number of hydrogen-bond acceptors (Lipinski definition) is 6. The SMILES string of the molecule is COc1ccc(CNc2ccc3c(n2)N(C(C)C)NC3)c(OC)c1. The van der Waals surface area contributed by atoms with Crippen LogP contribution in [0.5, 0.6) is 11.5 Å². The Morgan fingerprint density at radius 3 is 2.75 bits per heavy atom. The number of methoxy groups -OCH3 is 2. The lowest BCUT2D eigenvalue weighted by Crippen LogP contribution is -2.38. The molecule has 2 N–H and O–H groups in total. The highest BCUT2D eigenvalue weighted by molar-refractivity contribution is 5.56. The Labute approximate surface area is 142 Å². The van der Waals surface area contributed by atoms with Gasteiger partial charge in [0.2, 0.25) is 0 Å². The molecule has 6 nitrogen and oxygen atoms in total. The molecule has 1 aliphatic heterocycles. The van der Waals surface area contributed by atoms with E-state index in [1.54, 1.807) is 14.2 Å². The van der Waals surface area contributed by atoms with E-state index >= 15 is 0 Å². The average molecular weight is 328 g/mol. The number of hydrazine groups is 1. The van der Waals surface area contributed by atoms with Gasteiger partial charge < -0.3 is 14.8 Å². The van der Waals surface area contributed by atoms with Crippen LogP contribution in [0.1, 0.15) is 25.0 Å². The highest BCUT2D eigenvalue weighted by Crippen LogP contribution is 2.28.